The van der Waals surface area contributed by atoms with Crippen molar-refractivity contribution in [3.05, 3.63) is 188 Å². The molecule has 3 aromatic heterocycles. The lowest BCUT2D eigenvalue weighted by Crippen LogP contribution is -2.01. The van der Waals surface area contributed by atoms with E-state index < -0.39 is 0 Å². The summed E-state index contributed by atoms with van der Waals surface area (Å²) in [7, 11) is 0. The Morgan fingerprint density at radius 1 is 0.421 bits per heavy atom. The smallest absolute Gasteiger partial charge is 0.164 e. The zero-order chi connectivity index (χ0) is 37.9. The van der Waals surface area contributed by atoms with Crippen LogP contribution in [0.25, 0.3) is 105 Å². The Bertz CT molecular complexity index is 3380. The quantitative estimate of drug-likeness (QED) is 0.165. The van der Waals surface area contributed by atoms with Crippen molar-refractivity contribution in [2.45, 2.75) is 0 Å². The summed E-state index contributed by atoms with van der Waals surface area (Å²) in [5, 5.41) is 18.7. The molecule has 0 spiro atoms. The fourth-order valence-corrected chi connectivity index (χ4v) is 8.34. The highest BCUT2D eigenvalue weighted by atomic mass is 15.1. The van der Waals surface area contributed by atoms with Crippen LogP contribution in [0.2, 0.25) is 0 Å². The first-order valence-corrected chi connectivity index (χ1v) is 18.9. The van der Waals surface area contributed by atoms with Crippen LogP contribution in [0, 0.1) is 11.3 Å². The molecule has 0 fully saturated rings. The average molecular weight is 727 g/mol. The number of aromatic nitrogens is 5. The number of nitriles is 1. The summed E-state index contributed by atoms with van der Waals surface area (Å²) >= 11 is 0. The van der Waals surface area contributed by atoms with Gasteiger partial charge in [-0.15, -0.1) is 0 Å². The van der Waals surface area contributed by atoms with Crippen molar-refractivity contribution in [2.24, 2.45) is 0 Å². The molecular weight excluding hydrogens is 697 g/mol. The van der Waals surface area contributed by atoms with Crippen molar-refractivity contribution >= 4 is 54.3 Å². The average Bonchev–Trinajstić information content (AvgIpc) is 3.63. The molecule has 0 aliphatic rings. The minimum absolute atomic E-state index is 0.520. The van der Waals surface area contributed by atoms with Gasteiger partial charge in [-0.05, 0) is 86.4 Å². The molecule has 0 radical (unpaired) electrons. The van der Waals surface area contributed by atoms with Crippen LogP contribution < -0.4 is 0 Å². The van der Waals surface area contributed by atoms with Crippen molar-refractivity contribution in [2.75, 3.05) is 0 Å². The second kappa shape index (κ2) is 13.1. The summed E-state index contributed by atoms with van der Waals surface area (Å²) in [5.41, 5.74) is 8.20. The van der Waals surface area contributed by atoms with E-state index in [1.165, 1.54) is 26.9 Å². The molecule has 264 valence electrons. The first kappa shape index (κ1) is 32.4. The SMILES string of the molecule is N#Cc1ccc(-c2nc(-c3ccc4c5ccccc5c5ccccc5c4c3)nc(-c3ccnc4c3c3ccccc3n4-c3ccccc3-c3ccccc3)n2)cc1. The summed E-state index contributed by atoms with van der Waals surface area (Å²) in [6.07, 6.45) is 1.84. The number of hydrogen-bond donors (Lipinski definition) is 0. The van der Waals surface area contributed by atoms with Gasteiger partial charge >= 0.3 is 0 Å². The molecule has 57 heavy (non-hydrogen) atoms. The van der Waals surface area contributed by atoms with Gasteiger partial charge in [0, 0.05) is 39.2 Å². The number of hydrogen-bond acceptors (Lipinski definition) is 5. The Balaban J connectivity index is 1.18. The van der Waals surface area contributed by atoms with Gasteiger partial charge < -0.3 is 0 Å². The highest BCUT2D eigenvalue weighted by molar-refractivity contribution is 6.25. The Hall–Kier alpha value is -8.01. The minimum Gasteiger partial charge on any atom is -0.293 e. The molecule has 0 unspecified atom stereocenters. The van der Waals surface area contributed by atoms with E-state index in [4.69, 9.17) is 19.9 Å². The second-order valence-corrected chi connectivity index (χ2v) is 14.1. The molecule has 3 heterocycles. The molecule has 6 nitrogen and oxygen atoms in total. The molecule has 11 aromatic rings. The second-order valence-electron chi connectivity index (χ2n) is 14.1. The van der Waals surface area contributed by atoms with Crippen LogP contribution in [0.5, 0.6) is 0 Å². The van der Waals surface area contributed by atoms with Crippen LogP contribution in [0.4, 0.5) is 0 Å². The van der Waals surface area contributed by atoms with E-state index >= 15 is 0 Å². The molecule has 0 saturated heterocycles. The van der Waals surface area contributed by atoms with E-state index in [9.17, 15) is 5.26 Å². The normalized spacial score (nSPS) is 11.5. The topological polar surface area (TPSA) is 80.3 Å². The molecule has 0 atom stereocenters. The van der Waals surface area contributed by atoms with Crippen LogP contribution in [0.1, 0.15) is 5.56 Å². The Morgan fingerprint density at radius 3 is 1.70 bits per heavy atom. The molecule has 11 rings (SSSR count). The summed E-state index contributed by atoms with van der Waals surface area (Å²) in [6.45, 7) is 0. The fraction of sp³-hybridized carbons (Fsp3) is 0. The number of nitrogens with zero attached hydrogens (tertiary/aromatic N) is 6. The van der Waals surface area contributed by atoms with E-state index in [1.807, 2.05) is 30.5 Å². The molecule has 0 aliphatic heterocycles. The number of rotatable bonds is 5. The monoisotopic (exact) mass is 726 g/mol. The van der Waals surface area contributed by atoms with E-state index in [1.54, 1.807) is 12.1 Å². The standard InChI is InChI=1S/C51H30N6/c52-31-32-22-24-34(25-23-32)48-54-49(35-26-27-41-39-17-5-4-15-37(39)38-16-6-7-18-40(38)44(41)30-35)56-50(55-48)43-28-29-53-51-47(43)42-19-9-11-21-46(42)57(51)45-20-10-8-14-36(45)33-12-2-1-3-13-33/h1-30H. The van der Waals surface area contributed by atoms with Gasteiger partial charge in [0.25, 0.3) is 0 Å². The van der Waals surface area contributed by atoms with Gasteiger partial charge in [-0.1, -0.05) is 127 Å². The maximum Gasteiger partial charge on any atom is 0.164 e. The first-order valence-electron chi connectivity index (χ1n) is 18.9. The summed E-state index contributed by atoms with van der Waals surface area (Å²) < 4.78 is 2.25. The van der Waals surface area contributed by atoms with Crippen molar-refractivity contribution < 1.29 is 0 Å². The minimum atomic E-state index is 0.520. The van der Waals surface area contributed by atoms with Crippen molar-refractivity contribution in [3.8, 4) is 57.0 Å². The third-order valence-corrected chi connectivity index (χ3v) is 10.9. The molecule has 0 saturated carbocycles. The molecular formula is C51H30N6. The molecule has 0 bridgehead atoms. The predicted molar refractivity (Wildman–Crippen MR) is 231 cm³/mol. The largest absolute Gasteiger partial charge is 0.293 e. The molecule has 6 heteroatoms. The lowest BCUT2D eigenvalue weighted by molar-refractivity contribution is 1.07. The van der Waals surface area contributed by atoms with Gasteiger partial charge in [0.1, 0.15) is 5.65 Å². The fourth-order valence-electron chi connectivity index (χ4n) is 8.34. The predicted octanol–water partition coefficient (Wildman–Crippen LogP) is 12.4. The summed E-state index contributed by atoms with van der Waals surface area (Å²) in [5.74, 6) is 1.61. The number of fused-ring (bicyclic) bond motifs is 9. The van der Waals surface area contributed by atoms with Crippen LogP contribution in [-0.4, -0.2) is 24.5 Å². The zero-order valence-corrected chi connectivity index (χ0v) is 30.5. The highest BCUT2D eigenvalue weighted by Crippen LogP contribution is 2.41. The Morgan fingerprint density at radius 2 is 0.982 bits per heavy atom. The van der Waals surface area contributed by atoms with Gasteiger partial charge in [0.05, 0.1) is 22.8 Å². The van der Waals surface area contributed by atoms with Crippen molar-refractivity contribution in [1.82, 2.24) is 24.5 Å². The number of pyridine rings is 1. The Kier molecular flexibility index (Phi) is 7.44. The lowest BCUT2D eigenvalue weighted by Gasteiger charge is -2.14. The summed E-state index contributed by atoms with van der Waals surface area (Å²) in [6, 6.07) is 62.6. The molecule has 8 aromatic carbocycles. The Labute approximate surface area is 327 Å². The third kappa shape index (κ3) is 5.25. The van der Waals surface area contributed by atoms with Crippen LogP contribution in [0.3, 0.4) is 0 Å². The zero-order valence-electron chi connectivity index (χ0n) is 30.5. The van der Waals surface area contributed by atoms with E-state index in [2.05, 4.69) is 150 Å². The number of para-hydroxylation sites is 2. The first-order chi connectivity index (χ1) is 28.2. The van der Waals surface area contributed by atoms with Crippen LogP contribution in [0.15, 0.2) is 182 Å². The van der Waals surface area contributed by atoms with Gasteiger partial charge in [-0.2, -0.15) is 5.26 Å². The molecule has 0 N–H and O–H groups in total. The van der Waals surface area contributed by atoms with Crippen LogP contribution >= 0.6 is 0 Å². The van der Waals surface area contributed by atoms with Gasteiger partial charge in [-0.3, -0.25) is 4.57 Å². The maximum atomic E-state index is 9.57. The van der Waals surface area contributed by atoms with Crippen molar-refractivity contribution in [1.29, 1.82) is 5.26 Å². The van der Waals surface area contributed by atoms with Gasteiger partial charge in [0.15, 0.2) is 17.5 Å². The van der Waals surface area contributed by atoms with E-state index in [-0.39, 0.29) is 0 Å². The molecule has 0 amide bonds. The highest BCUT2D eigenvalue weighted by Gasteiger charge is 2.22. The third-order valence-electron chi connectivity index (χ3n) is 10.9. The summed E-state index contributed by atoms with van der Waals surface area (Å²) in [4.78, 5) is 20.6. The van der Waals surface area contributed by atoms with Crippen molar-refractivity contribution in [3.63, 3.8) is 0 Å². The maximum absolute atomic E-state index is 9.57. The lowest BCUT2D eigenvalue weighted by atomic mass is 9.93. The van der Waals surface area contributed by atoms with Gasteiger partial charge in [0.2, 0.25) is 0 Å². The van der Waals surface area contributed by atoms with E-state index in [0.29, 0.717) is 23.0 Å². The molecule has 0 aliphatic carbocycles. The van der Waals surface area contributed by atoms with Gasteiger partial charge in [-0.25, -0.2) is 19.9 Å². The van der Waals surface area contributed by atoms with E-state index in [0.717, 1.165) is 60.8 Å². The number of benzene rings is 8. The van der Waals surface area contributed by atoms with Crippen LogP contribution in [-0.2, 0) is 0 Å².